The molecule has 1 aromatic heterocycles. The van der Waals surface area contributed by atoms with E-state index in [1.165, 1.54) is 39.5 Å². The second-order valence-electron chi connectivity index (χ2n) is 13.1. The van der Waals surface area contributed by atoms with Gasteiger partial charge in [-0.05, 0) is 69.4 Å². The molecular weight excluding hydrogens is 613 g/mol. The van der Waals surface area contributed by atoms with Crippen LogP contribution in [0.2, 0.25) is 0 Å². The molecule has 0 aliphatic rings. The maximum Gasteiger partial charge on any atom is 0.348 e. The normalized spacial score (nSPS) is 14.6. The molecule has 4 unspecified atom stereocenters. The van der Waals surface area contributed by atoms with Crippen LogP contribution in [0.15, 0.2) is 60.9 Å². The largest absolute Gasteiger partial charge is 0.487 e. The third-order valence-electron chi connectivity index (χ3n) is 8.77. The van der Waals surface area contributed by atoms with Crippen molar-refractivity contribution in [3.8, 4) is 34.0 Å². The summed E-state index contributed by atoms with van der Waals surface area (Å²) >= 11 is 0. The average Bonchev–Trinajstić information content (AvgIpc) is 3.09. The third-order valence-corrected chi connectivity index (χ3v) is 8.77. The van der Waals surface area contributed by atoms with Crippen LogP contribution in [0.3, 0.4) is 0 Å². The number of carbonyl (C=O) groups is 1. The van der Waals surface area contributed by atoms with Crippen molar-refractivity contribution >= 4 is 5.97 Å². The monoisotopic (exact) mass is 668 g/mol. The minimum Gasteiger partial charge on any atom is -0.487 e. The second-order valence-corrected chi connectivity index (χ2v) is 13.1. The number of hydrogen-bond acceptors (Lipinski definition) is 5. The smallest absolute Gasteiger partial charge is 0.348 e. The molecule has 3 rings (SSSR count). The molecule has 0 radical (unpaired) electrons. The van der Waals surface area contributed by atoms with Gasteiger partial charge in [-0.1, -0.05) is 109 Å². The Kier molecular flexibility index (Phi) is 16.9. The molecule has 0 aliphatic heterocycles. The lowest BCUT2D eigenvalue weighted by atomic mass is 9.99. The Labute approximate surface area is 286 Å². The summed E-state index contributed by atoms with van der Waals surface area (Å²) in [5, 5.41) is 0. The Morgan fingerprint density at radius 3 is 1.94 bits per heavy atom. The fourth-order valence-electron chi connectivity index (χ4n) is 5.68. The highest BCUT2D eigenvalue weighted by atomic mass is 19.2. The fourth-order valence-corrected chi connectivity index (χ4v) is 5.68. The maximum atomic E-state index is 15.1. The molecule has 1 heterocycles. The van der Waals surface area contributed by atoms with E-state index < -0.39 is 30.1 Å². The molecule has 0 saturated carbocycles. The topological polar surface area (TPSA) is 61.3 Å². The summed E-state index contributed by atoms with van der Waals surface area (Å²) in [6.07, 6.45) is 13.3. The SMILES string of the molecule is CCCCCCCCCCC(C)(F)C(=O)Oc1ccc(-c2cnc(-c3ccccc3OC(CCCCCCC)C(F)C(C)F)nc2)cc1. The van der Waals surface area contributed by atoms with Gasteiger partial charge in [-0.25, -0.2) is 27.9 Å². The number of rotatable bonds is 23. The molecule has 0 N–H and O–H groups in total. The van der Waals surface area contributed by atoms with Gasteiger partial charge in [-0.15, -0.1) is 0 Å². The minimum absolute atomic E-state index is 0.139. The zero-order valence-corrected chi connectivity index (χ0v) is 29.4. The predicted octanol–water partition coefficient (Wildman–Crippen LogP) is 11.8. The summed E-state index contributed by atoms with van der Waals surface area (Å²) in [7, 11) is 0. The van der Waals surface area contributed by atoms with Crippen LogP contribution in [0.1, 0.15) is 124 Å². The molecule has 0 bridgehead atoms. The van der Waals surface area contributed by atoms with Crippen LogP contribution in [0.25, 0.3) is 22.5 Å². The molecule has 2 aromatic carbocycles. The van der Waals surface area contributed by atoms with Gasteiger partial charge in [-0.2, -0.15) is 0 Å². The van der Waals surface area contributed by atoms with E-state index in [0.717, 1.165) is 62.5 Å². The summed E-state index contributed by atoms with van der Waals surface area (Å²) in [6.45, 7) is 6.84. The van der Waals surface area contributed by atoms with Crippen molar-refractivity contribution in [3.05, 3.63) is 60.9 Å². The first kappa shape index (κ1) is 39.0. The highest BCUT2D eigenvalue weighted by molar-refractivity contribution is 5.81. The Morgan fingerprint density at radius 1 is 0.771 bits per heavy atom. The van der Waals surface area contributed by atoms with Crippen molar-refractivity contribution in [1.29, 1.82) is 0 Å². The van der Waals surface area contributed by atoms with Gasteiger partial charge >= 0.3 is 5.97 Å². The Bertz CT molecular complexity index is 1330. The van der Waals surface area contributed by atoms with E-state index in [1.807, 2.05) is 6.07 Å². The number of aromatic nitrogens is 2. The van der Waals surface area contributed by atoms with E-state index in [2.05, 4.69) is 23.8 Å². The first-order chi connectivity index (χ1) is 23.2. The van der Waals surface area contributed by atoms with E-state index in [9.17, 15) is 13.6 Å². The van der Waals surface area contributed by atoms with E-state index in [1.54, 1.807) is 54.9 Å². The van der Waals surface area contributed by atoms with Crippen LogP contribution in [-0.4, -0.2) is 40.1 Å². The molecular formula is C40H55F3N2O3. The zero-order chi connectivity index (χ0) is 34.8. The number of para-hydroxylation sites is 1. The summed E-state index contributed by atoms with van der Waals surface area (Å²) < 4.78 is 55.5. The Hall–Kier alpha value is -3.42. The fraction of sp³-hybridized carbons (Fsp3) is 0.575. The van der Waals surface area contributed by atoms with Gasteiger partial charge in [0, 0.05) is 18.0 Å². The molecule has 8 heteroatoms. The summed E-state index contributed by atoms with van der Waals surface area (Å²) in [5.41, 5.74) is 0.0459. The third kappa shape index (κ3) is 12.9. The number of carbonyl (C=O) groups excluding carboxylic acids is 1. The number of nitrogens with zero attached hydrogens (tertiary/aromatic N) is 2. The van der Waals surface area contributed by atoms with Crippen molar-refractivity contribution in [3.63, 3.8) is 0 Å². The molecule has 48 heavy (non-hydrogen) atoms. The number of ether oxygens (including phenoxy) is 2. The number of esters is 1. The Balaban J connectivity index is 1.59. The van der Waals surface area contributed by atoms with Crippen LogP contribution < -0.4 is 9.47 Å². The van der Waals surface area contributed by atoms with Gasteiger partial charge in [-0.3, -0.25) is 0 Å². The quantitative estimate of drug-likeness (QED) is 0.0572. The zero-order valence-electron chi connectivity index (χ0n) is 29.4. The number of halogens is 3. The molecule has 0 aliphatic carbocycles. The van der Waals surface area contributed by atoms with Crippen LogP contribution in [0.4, 0.5) is 13.2 Å². The average molecular weight is 669 g/mol. The molecule has 3 aromatic rings. The first-order valence-corrected chi connectivity index (χ1v) is 18.0. The highest BCUT2D eigenvalue weighted by Gasteiger charge is 2.34. The molecule has 0 spiro atoms. The summed E-state index contributed by atoms with van der Waals surface area (Å²) in [6, 6.07) is 13.9. The number of benzene rings is 2. The Morgan fingerprint density at radius 2 is 1.33 bits per heavy atom. The van der Waals surface area contributed by atoms with Gasteiger partial charge in [0.05, 0.1) is 5.56 Å². The van der Waals surface area contributed by atoms with Gasteiger partial charge in [0.25, 0.3) is 0 Å². The summed E-state index contributed by atoms with van der Waals surface area (Å²) in [4.78, 5) is 21.7. The highest BCUT2D eigenvalue weighted by Crippen LogP contribution is 2.32. The lowest BCUT2D eigenvalue weighted by molar-refractivity contribution is -0.147. The summed E-state index contributed by atoms with van der Waals surface area (Å²) in [5.74, 6) is 0.177. The van der Waals surface area contributed by atoms with Crippen LogP contribution >= 0.6 is 0 Å². The number of alkyl halides is 3. The van der Waals surface area contributed by atoms with Crippen molar-refractivity contribution in [1.82, 2.24) is 9.97 Å². The lowest BCUT2D eigenvalue weighted by Gasteiger charge is -2.24. The van der Waals surface area contributed by atoms with Crippen molar-refractivity contribution < 1.29 is 27.4 Å². The maximum absolute atomic E-state index is 15.1. The lowest BCUT2D eigenvalue weighted by Crippen LogP contribution is -2.34. The standard InChI is InChI=1S/C40H55F3N2O3/c1-5-7-9-11-12-13-15-19-27-40(4,43)39(46)47-33-25-23-31(24-26-33)32-28-44-38(45-29-32)34-20-17-18-21-35(34)48-36(37(42)30(3)41)22-16-14-10-8-6-2/h17-18,20-21,23-26,28-30,36-37H,5-16,19,22,27H2,1-4H3. The molecule has 264 valence electrons. The number of hydrogen-bond donors (Lipinski definition) is 0. The van der Waals surface area contributed by atoms with Gasteiger partial charge in [0.15, 0.2) is 12.0 Å². The van der Waals surface area contributed by atoms with Gasteiger partial charge < -0.3 is 9.47 Å². The van der Waals surface area contributed by atoms with Crippen LogP contribution in [-0.2, 0) is 4.79 Å². The predicted molar refractivity (Wildman–Crippen MR) is 189 cm³/mol. The molecule has 0 saturated heterocycles. The molecule has 0 amide bonds. The van der Waals surface area contributed by atoms with Crippen molar-refractivity contribution in [2.75, 3.05) is 0 Å². The molecule has 5 nitrogen and oxygen atoms in total. The number of unbranched alkanes of at least 4 members (excludes halogenated alkanes) is 11. The van der Waals surface area contributed by atoms with E-state index >= 15 is 4.39 Å². The second kappa shape index (κ2) is 20.8. The van der Waals surface area contributed by atoms with Crippen LogP contribution in [0.5, 0.6) is 11.5 Å². The van der Waals surface area contributed by atoms with Crippen LogP contribution in [0, 0.1) is 0 Å². The first-order valence-electron chi connectivity index (χ1n) is 18.0. The molecule has 0 fully saturated rings. The van der Waals surface area contributed by atoms with Gasteiger partial charge in [0.2, 0.25) is 5.67 Å². The van der Waals surface area contributed by atoms with E-state index in [4.69, 9.17) is 9.47 Å². The molecule has 4 atom stereocenters. The van der Waals surface area contributed by atoms with Crippen molar-refractivity contribution in [2.45, 2.75) is 148 Å². The van der Waals surface area contributed by atoms with Gasteiger partial charge in [0.1, 0.15) is 23.8 Å². The van der Waals surface area contributed by atoms with E-state index in [0.29, 0.717) is 30.0 Å². The van der Waals surface area contributed by atoms with E-state index in [-0.39, 0.29) is 12.2 Å². The minimum atomic E-state index is -2.05. The van der Waals surface area contributed by atoms with Crippen molar-refractivity contribution in [2.24, 2.45) is 0 Å².